The number of phenolic OH excluding ortho intramolecular Hbond substituents is 1. The normalized spacial score (nSPS) is 18.7. The molecule has 3 rings (SSSR count). The molecule has 2 N–H and O–H groups in total. The minimum Gasteiger partial charge on any atom is -0.508 e. The van der Waals surface area contributed by atoms with E-state index in [2.05, 4.69) is 10.3 Å². The maximum absolute atomic E-state index is 9.51. The summed E-state index contributed by atoms with van der Waals surface area (Å²) in [6.07, 6.45) is 2.76. The predicted molar refractivity (Wildman–Crippen MR) is 65.9 cm³/mol. The topological polar surface area (TPSA) is 45.1 Å². The smallest absolute Gasteiger partial charge is 0.115 e. The molecule has 2 heterocycles. The van der Waals surface area contributed by atoms with Gasteiger partial charge >= 0.3 is 0 Å². The Balaban J connectivity index is 2.06. The van der Waals surface area contributed by atoms with Crippen molar-refractivity contribution < 1.29 is 5.11 Å². The van der Waals surface area contributed by atoms with Crippen molar-refractivity contribution in [3.63, 3.8) is 0 Å². The maximum atomic E-state index is 9.51. The minimum absolute atomic E-state index is 0.139. The van der Waals surface area contributed by atoms with Crippen molar-refractivity contribution in [2.45, 2.75) is 12.5 Å². The number of fused-ring (bicyclic) bond motifs is 1. The molecular weight excluding hydrogens is 212 g/mol. The SMILES string of the molecule is Oc1ccc2c(c1)CCNC2c1ccccn1. The number of nitrogens with one attached hydrogen (secondary N) is 1. The summed E-state index contributed by atoms with van der Waals surface area (Å²) in [6, 6.07) is 11.7. The zero-order valence-electron chi connectivity index (χ0n) is 9.43. The number of pyridine rings is 1. The lowest BCUT2D eigenvalue weighted by molar-refractivity contribution is 0.471. The molecule has 0 bridgehead atoms. The Hall–Kier alpha value is -1.87. The molecule has 0 amide bonds. The van der Waals surface area contributed by atoms with Gasteiger partial charge in [0.2, 0.25) is 0 Å². The van der Waals surface area contributed by atoms with Crippen molar-refractivity contribution in [3.05, 3.63) is 59.4 Å². The van der Waals surface area contributed by atoms with Crippen LogP contribution < -0.4 is 5.32 Å². The van der Waals surface area contributed by atoms with Crippen LogP contribution in [0, 0.1) is 0 Å². The van der Waals surface area contributed by atoms with Gasteiger partial charge in [0.25, 0.3) is 0 Å². The molecule has 1 aromatic heterocycles. The number of nitrogens with zero attached hydrogens (tertiary/aromatic N) is 1. The Labute approximate surface area is 100 Å². The third-order valence-corrected chi connectivity index (χ3v) is 3.16. The van der Waals surface area contributed by atoms with Gasteiger partial charge in [-0.1, -0.05) is 12.1 Å². The molecule has 1 atom stereocenters. The first-order valence-electron chi connectivity index (χ1n) is 5.81. The van der Waals surface area contributed by atoms with Crippen molar-refractivity contribution in [2.24, 2.45) is 0 Å². The zero-order valence-corrected chi connectivity index (χ0v) is 9.43. The first-order chi connectivity index (χ1) is 8.34. The average molecular weight is 226 g/mol. The molecule has 0 saturated carbocycles. The van der Waals surface area contributed by atoms with Crippen molar-refractivity contribution in [3.8, 4) is 5.75 Å². The summed E-state index contributed by atoms with van der Waals surface area (Å²) in [5, 5.41) is 13.0. The number of rotatable bonds is 1. The van der Waals surface area contributed by atoms with Crippen molar-refractivity contribution in [1.82, 2.24) is 10.3 Å². The number of hydrogen-bond acceptors (Lipinski definition) is 3. The second-order valence-electron chi connectivity index (χ2n) is 4.27. The van der Waals surface area contributed by atoms with Crippen LogP contribution in [0.3, 0.4) is 0 Å². The molecule has 0 spiro atoms. The van der Waals surface area contributed by atoms with E-state index in [0.717, 1.165) is 18.7 Å². The number of benzene rings is 1. The second-order valence-corrected chi connectivity index (χ2v) is 4.27. The monoisotopic (exact) mass is 226 g/mol. The van der Waals surface area contributed by atoms with Crippen LogP contribution >= 0.6 is 0 Å². The number of phenols is 1. The van der Waals surface area contributed by atoms with E-state index in [0.29, 0.717) is 5.75 Å². The van der Waals surface area contributed by atoms with Crippen LogP contribution in [-0.2, 0) is 6.42 Å². The Morgan fingerprint density at radius 3 is 3.00 bits per heavy atom. The molecule has 3 nitrogen and oxygen atoms in total. The molecule has 0 aliphatic carbocycles. The molecular formula is C14H14N2O. The van der Waals surface area contributed by atoms with Gasteiger partial charge in [-0.25, -0.2) is 0 Å². The Kier molecular flexibility index (Phi) is 2.53. The van der Waals surface area contributed by atoms with E-state index in [9.17, 15) is 5.11 Å². The van der Waals surface area contributed by atoms with E-state index in [1.807, 2.05) is 36.5 Å². The van der Waals surface area contributed by atoms with Crippen LogP contribution in [0.5, 0.6) is 5.75 Å². The maximum Gasteiger partial charge on any atom is 0.115 e. The highest BCUT2D eigenvalue weighted by atomic mass is 16.3. The molecule has 1 unspecified atom stereocenters. The van der Waals surface area contributed by atoms with Crippen LogP contribution in [0.2, 0.25) is 0 Å². The van der Waals surface area contributed by atoms with Gasteiger partial charge in [0.05, 0.1) is 11.7 Å². The summed E-state index contributed by atoms with van der Waals surface area (Å²) < 4.78 is 0. The lowest BCUT2D eigenvalue weighted by Crippen LogP contribution is -2.31. The molecule has 0 fully saturated rings. The van der Waals surface area contributed by atoms with Crippen molar-refractivity contribution in [2.75, 3.05) is 6.54 Å². The first-order valence-corrected chi connectivity index (χ1v) is 5.81. The highest BCUT2D eigenvalue weighted by Gasteiger charge is 2.21. The van der Waals surface area contributed by atoms with Crippen LogP contribution in [0.1, 0.15) is 22.9 Å². The lowest BCUT2D eigenvalue weighted by atomic mass is 9.92. The van der Waals surface area contributed by atoms with Gasteiger partial charge in [0, 0.05) is 12.7 Å². The Morgan fingerprint density at radius 1 is 1.24 bits per heavy atom. The van der Waals surface area contributed by atoms with Gasteiger partial charge < -0.3 is 10.4 Å². The highest BCUT2D eigenvalue weighted by Crippen LogP contribution is 2.29. The van der Waals surface area contributed by atoms with E-state index in [-0.39, 0.29) is 6.04 Å². The molecule has 3 heteroatoms. The quantitative estimate of drug-likeness (QED) is 0.782. The van der Waals surface area contributed by atoms with Gasteiger partial charge in [-0.2, -0.15) is 0 Å². The molecule has 0 saturated heterocycles. The second kappa shape index (κ2) is 4.18. The molecule has 0 radical (unpaired) electrons. The van der Waals surface area contributed by atoms with Crippen LogP contribution in [0.15, 0.2) is 42.6 Å². The Bertz CT molecular complexity index is 525. The largest absolute Gasteiger partial charge is 0.508 e. The summed E-state index contributed by atoms with van der Waals surface area (Å²) in [7, 11) is 0. The number of aromatic hydroxyl groups is 1. The summed E-state index contributed by atoms with van der Waals surface area (Å²) in [5.41, 5.74) is 3.45. The van der Waals surface area contributed by atoms with E-state index in [1.165, 1.54) is 11.1 Å². The zero-order chi connectivity index (χ0) is 11.7. The van der Waals surface area contributed by atoms with Crippen LogP contribution in [0.25, 0.3) is 0 Å². The fourth-order valence-corrected chi connectivity index (χ4v) is 2.36. The van der Waals surface area contributed by atoms with E-state index >= 15 is 0 Å². The van der Waals surface area contributed by atoms with Gasteiger partial charge in [-0.05, 0) is 41.8 Å². The third-order valence-electron chi connectivity index (χ3n) is 3.16. The highest BCUT2D eigenvalue weighted by molar-refractivity contribution is 5.41. The average Bonchev–Trinajstić information content (AvgIpc) is 2.39. The summed E-state index contributed by atoms with van der Waals surface area (Å²) in [6.45, 7) is 0.914. The van der Waals surface area contributed by atoms with E-state index < -0.39 is 0 Å². The molecule has 17 heavy (non-hydrogen) atoms. The fraction of sp³-hybridized carbons (Fsp3) is 0.214. The molecule has 86 valence electrons. The molecule has 2 aromatic rings. The van der Waals surface area contributed by atoms with Crippen LogP contribution in [-0.4, -0.2) is 16.6 Å². The summed E-state index contributed by atoms with van der Waals surface area (Å²) in [4.78, 5) is 4.40. The van der Waals surface area contributed by atoms with E-state index in [1.54, 1.807) is 6.07 Å². The molecule has 1 aliphatic rings. The van der Waals surface area contributed by atoms with Crippen LogP contribution in [0.4, 0.5) is 0 Å². The number of hydrogen-bond donors (Lipinski definition) is 2. The standard InChI is InChI=1S/C14H14N2O/c17-11-4-5-12-10(9-11)6-8-16-14(12)13-3-1-2-7-15-13/h1-5,7,9,14,16-17H,6,8H2. The third kappa shape index (κ3) is 1.89. The minimum atomic E-state index is 0.139. The lowest BCUT2D eigenvalue weighted by Gasteiger charge is -2.26. The molecule has 1 aliphatic heterocycles. The summed E-state index contributed by atoms with van der Waals surface area (Å²) in [5.74, 6) is 0.338. The Morgan fingerprint density at radius 2 is 2.18 bits per heavy atom. The van der Waals surface area contributed by atoms with E-state index in [4.69, 9.17) is 0 Å². The molecule has 1 aromatic carbocycles. The van der Waals surface area contributed by atoms with Gasteiger partial charge in [0.1, 0.15) is 5.75 Å². The van der Waals surface area contributed by atoms with Crippen molar-refractivity contribution in [1.29, 1.82) is 0 Å². The van der Waals surface area contributed by atoms with Gasteiger partial charge in [-0.15, -0.1) is 0 Å². The van der Waals surface area contributed by atoms with Gasteiger partial charge in [-0.3, -0.25) is 4.98 Å². The fourth-order valence-electron chi connectivity index (χ4n) is 2.36. The first kappa shape index (κ1) is 10.3. The van der Waals surface area contributed by atoms with Crippen molar-refractivity contribution >= 4 is 0 Å². The summed E-state index contributed by atoms with van der Waals surface area (Å²) >= 11 is 0. The van der Waals surface area contributed by atoms with Gasteiger partial charge in [0.15, 0.2) is 0 Å². The number of aromatic nitrogens is 1. The predicted octanol–water partition coefficient (Wildman–Crippen LogP) is 2.02.